The molecule has 1 aromatic rings. The van der Waals surface area contributed by atoms with E-state index in [1.165, 1.54) is 0 Å². The topological polar surface area (TPSA) is 65.0 Å². The van der Waals surface area contributed by atoms with Gasteiger partial charge in [0.2, 0.25) is 0 Å². The summed E-state index contributed by atoms with van der Waals surface area (Å²) >= 11 is 0. The van der Waals surface area contributed by atoms with E-state index in [1.54, 1.807) is 4.90 Å². The lowest BCUT2D eigenvalue weighted by molar-refractivity contribution is 0.180. The maximum atomic E-state index is 12.6. The molecule has 1 aliphatic heterocycles. The van der Waals surface area contributed by atoms with Crippen molar-refractivity contribution >= 4 is 6.03 Å². The summed E-state index contributed by atoms with van der Waals surface area (Å²) in [4.78, 5) is 16.4. The van der Waals surface area contributed by atoms with Crippen LogP contribution >= 0.6 is 0 Å². The lowest BCUT2D eigenvalue weighted by Crippen LogP contribution is -2.48. The summed E-state index contributed by atoms with van der Waals surface area (Å²) < 4.78 is 5.71. The zero-order valence-corrected chi connectivity index (χ0v) is 14.2. The quantitative estimate of drug-likeness (QED) is 0.861. The third-order valence-corrected chi connectivity index (χ3v) is 3.98. The van der Waals surface area contributed by atoms with Crippen LogP contribution in [0.1, 0.15) is 24.5 Å². The summed E-state index contributed by atoms with van der Waals surface area (Å²) in [6.07, 6.45) is 0.888. The summed E-state index contributed by atoms with van der Waals surface area (Å²) in [7, 11) is 4.00. The second kappa shape index (κ2) is 8.17. The second-order valence-electron chi connectivity index (χ2n) is 6.19. The van der Waals surface area contributed by atoms with E-state index in [4.69, 9.17) is 4.74 Å². The van der Waals surface area contributed by atoms with Crippen LogP contribution in [0.3, 0.4) is 0 Å². The Balaban J connectivity index is 2.06. The first kappa shape index (κ1) is 17.6. The lowest BCUT2D eigenvalue weighted by Gasteiger charge is -2.26. The molecule has 2 rings (SSSR count). The van der Waals surface area contributed by atoms with Gasteiger partial charge in [0.05, 0.1) is 19.7 Å². The van der Waals surface area contributed by atoms with Crippen molar-refractivity contribution in [3.05, 3.63) is 29.3 Å². The number of fused-ring (bicyclic) bond motifs is 1. The number of amides is 2. The van der Waals surface area contributed by atoms with Gasteiger partial charge in [-0.1, -0.05) is 13.0 Å². The van der Waals surface area contributed by atoms with Crippen molar-refractivity contribution in [1.82, 2.24) is 15.1 Å². The van der Waals surface area contributed by atoms with Gasteiger partial charge in [0, 0.05) is 18.2 Å². The molecule has 0 fully saturated rings. The summed E-state index contributed by atoms with van der Waals surface area (Å²) in [5.41, 5.74) is 1.76. The number of hydrogen-bond acceptors (Lipinski definition) is 4. The molecule has 1 aliphatic rings. The number of benzene rings is 1. The molecule has 6 nitrogen and oxygen atoms in total. The van der Waals surface area contributed by atoms with E-state index in [-0.39, 0.29) is 18.7 Å². The van der Waals surface area contributed by atoms with Crippen molar-refractivity contribution in [2.75, 3.05) is 33.8 Å². The Bertz CT molecular complexity index is 534. The van der Waals surface area contributed by atoms with Crippen molar-refractivity contribution in [2.45, 2.75) is 32.5 Å². The van der Waals surface area contributed by atoms with Gasteiger partial charge in [-0.2, -0.15) is 0 Å². The van der Waals surface area contributed by atoms with Crippen LogP contribution in [0.2, 0.25) is 0 Å². The van der Waals surface area contributed by atoms with Gasteiger partial charge >= 0.3 is 6.03 Å². The van der Waals surface area contributed by atoms with E-state index in [1.807, 2.05) is 32.3 Å². The molecule has 1 unspecified atom stereocenters. The number of aliphatic hydroxyl groups is 1. The van der Waals surface area contributed by atoms with Gasteiger partial charge in [-0.25, -0.2) is 4.79 Å². The molecule has 1 aromatic carbocycles. The number of rotatable bonds is 5. The molecule has 0 saturated heterocycles. The van der Waals surface area contributed by atoms with Crippen molar-refractivity contribution in [1.29, 1.82) is 0 Å². The minimum atomic E-state index is -0.0652. The highest BCUT2D eigenvalue weighted by atomic mass is 16.5. The molecule has 1 heterocycles. The van der Waals surface area contributed by atoms with E-state index in [0.29, 0.717) is 19.7 Å². The van der Waals surface area contributed by atoms with Crippen molar-refractivity contribution in [3.63, 3.8) is 0 Å². The predicted molar refractivity (Wildman–Crippen MR) is 89.4 cm³/mol. The zero-order chi connectivity index (χ0) is 16.8. The predicted octanol–water partition coefficient (Wildman–Crippen LogP) is 1.42. The molecule has 0 saturated carbocycles. The number of carbonyl (C=O) groups is 1. The van der Waals surface area contributed by atoms with Gasteiger partial charge in [-0.3, -0.25) is 0 Å². The van der Waals surface area contributed by atoms with Gasteiger partial charge in [0.25, 0.3) is 0 Å². The fraction of sp³-hybridized carbons (Fsp3) is 0.588. The van der Waals surface area contributed by atoms with Crippen molar-refractivity contribution in [3.8, 4) is 5.75 Å². The van der Waals surface area contributed by atoms with E-state index in [2.05, 4.69) is 17.1 Å². The Morgan fingerprint density at radius 1 is 1.48 bits per heavy atom. The molecule has 6 heteroatoms. The molecule has 0 spiro atoms. The van der Waals surface area contributed by atoms with Gasteiger partial charge in [-0.05, 0) is 38.2 Å². The van der Waals surface area contributed by atoms with Gasteiger partial charge in [0.15, 0.2) is 0 Å². The minimum absolute atomic E-state index is 0.0137. The number of ether oxygens (including phenoxy) is 1. The number of carbonyl (C=O) groups excluding carboxylic acids is 1. The van der Waals surface area contributed by atoms with Crippen LogP contribution in [0.5, 0.6) is 5.75 Å². The SMILES string of the molecule is CCC(CN(C)C)NC(=O)N1CCOc2ccc(CO)cc2C1. The highest BCUT2D eigenvalue weighted by molar-refractivity contribution is 5.74. The van der Waals surface area contributed by atoms with Crippen LogP contribution < -0.4 is 10.1 Å². The molecule has 23 heavy (non-hydrogen) atoms. The van der Waals surface area contributed by atoms with Crippen LogP contribution in [0, 0.1) is 0 Å². The van der Waals surface area contributed by atoms with Crippen molar-refractivity contribution < 1.29 is 14.6 Å². The molecule has 128 valence electrons. The largest absolute Gasteiger partial charge is 0.491 e. The summed E-state index contributed by atoms with van der Waals surface area (Å²) in [5.74, 6) is 0.790. The number of nitrogens with zero attached hydrogens (tertiary/aromatic N) is 2. The standard InChI is InChI=1S/C17H27N3O3/c1-4-15(11-19(2)3)18-17(22)20-7-8-23-16-6-5-13(12-21)9-14(16)10-20/h5-6,9,15,21H,4,7-8,10-12H2,1-3H3,(H,18,22). The first-order valence-electron chi connectivity index (χ1n) is 8.09. The second-order valence-corrected chi connectivity index (χ2v) is 6.19. The van der Waals surface area contributed by atoms with Crippen LogP contribution in [-0.4, -0.2) is 60.8 Å². The monoisotopic (exact) mass is 321 g/mol. The Kier molecular flexibility index (Phi) is 6.24. The molecule has 0 aliphatic carbocycles. The van der Waals surface area contributed by atoms with Crippen LogP contribution in [0.4, 0.5) is 4.79 Å². The number of hydrogen-bond donors (Lipinski definition) is 2. The normalized spacial score (nSPS) is 15.6. The third-order valence-electron chi connectivity index (χ3n) is 3.98. The van der Waals surface area contributed by atoms with Crippen molar-refractivity contribution in [2.24, 2.45) is 0 Å². The maximum Gasteiger partial charge on any atom is 0.318 e. The molecule has 0 radical (unpaired) electrons. The average molecular weight is 321 g/mol. The average Bonchev–Trinajstić information content (AvgIpc) is 2.75. The molecule has 1 atom stereocenters. The third kappa shape index (κ3) is 4.84. The summed E-state index contributed by atoms with van der Waals surface area (Å²) in [6.45, 7) is 4.39. The first-order chi connectivity index (χ1) is 11.0. The molecular formula is C17H27N3O3. The van der Waals surface area contributed by atoms with Gasteiger partial charge in [0.1, 0.15) is 12.4 Å². The van der Waals surface area contributed by atoms with Crippen LogP contribution in [0.15, 0.2) is 18.2 Å². The van der Waals surface area contributed by atoms with Crippen LogP contribution in [-0.2, 0) is 13.2 Å². The molecular weight excluding hydrogens is 294 g/mol. The molecule has 0 bridgehead atoms. The van der Waals surface area contributed by atoms with Gasteiger partial charge in [-0.15, -0.1) is 0 Å². The van der Waals surface area contributed by atoms with Crippen LogP contribution in [0.25, 0.3) is 0 Å². The lowest BCUT2D eigenvalue weighted by atomic mass is 10.1. The zero-order valence-electron chi connectivity index (χ0n) is 14.2. The number of likely N-dealkylation sites (N-methyl/N-ethyl adjacent to an activating group) is 1. The van der Waals surface area contributed by atoms with E-state index in [9.17, 15) is 9.90 Å². The highest BCUT2D eigenvalue weighted by Gasteiger charge is 2.22. The fourth-order valence-corrected chi connectivity index (χ4v) is 2.70. The Labute approximate surface area is 138 Å². The Morgan fingerprint density at radius 3 is 2.91 bits per heavy atom. The number of urea groups is 1. The minimum Gasteiger partial charge on any atom is -0.491 e. The Hall–Kier alpha value is -1.79. The molecule has 0 aromatic heterocycles. The maximum absolute atomic E-state index is 12.6. The molecule has 2 N–H and O–H groups in total. The van der Waals surface area contributed by atoms with Gasteiger partial charge < -0.3 is 25.0 Å². The smallest absolute Gasteiger partial charge is 0.318 e. The first-order valence-corrected chi connectivity index (χ1v) is 8.09. The number of nitrogens with one attached hydrogen (secondary N) is 1. The van der Waals surface area contributed by atoms with E-state index in [0.717, 1.165) is 29.8 Å². The molecule has 2 amide bonds. The summed E-state index contributed by atoms with van der Waals surface area (Å²) in [5, 5.41) is 12.4. The highest BCUT2D eigenvalue weighted by Crippen LogP contribution is 2.24. The Morgan fingerprint density at radius 2 is 2.26 bits per heavy atom. The van der Waals surface area contributed by atoms with E-state index >= 15 is 0 Å². The fourth-order valence-electron chi connectivity index (χ4n) is 2.70. The summed E-state index contributed by atoms with van der Waals surface area (Å²) in [6, 6.07) is 5.68. The van der Waals surface area contributed by atoms with E-state index < -0.39 is 0 Å². The number of aliphatic hydroxyl groups excluding tert-OH is 1.